The zero-order chi connectivity index (χ0) is 11.6. The van der Waals surface area contributed by atoms with Gasteiger partial charge in [0, 0.05) is 0 Å². The monoisotopic (exact) mass is 222 g/mol. The second-order valence-corrected chi connectivity index (χ2v) is 6.86. The van der Waals surface area contributed by atoms with E-state index in [9.17, 15) is 0 Å². The Bertz CT molecular complexity index is 202. The minimum Gasteiger partial charge on any atom is -0.0648 e. The van der Waals surface area contributed by atoms with E-state index >= 15 is 0 Å². The smallest absolute Gasteiger partial charge is 0.0272 e. The molecular weight excluding hydrogens is 192 g/mol. The van der Waals surface area contributed by atoms with Gasteiger partial charge in [-0.3, -0.25) is 0 Å². The molecule has 94 valence electrons. The van der Waals surface area contributed by atoms with Crippen LogP contribution in [0.25, 0.3) is 0 Å². The van der Waals surface area contributed by atoms with Gasteiger partial charge in [0.25, 0.3) is 0 Å². The van der Waals surface area contributed by atoms with E-state index in [2.05, 4.69) is 20.8 Å². The summed E-state index contributed by atoms with van der Waals surface area (Å²) in [6.45, 7) is 7.34. The van der Waals surface area contributed by atoms with Crippen LogP contribution < -0.4 is 0 Å². The van der Waals surface area contributed by atoms with Crippen LogP contribution in [0.5, 0.6) is 0 Å². The van der Waals surface area contributed by atoms with E-state index in [1.54, 1.807) is 0 Å². The Kier molecular flexibility index (Phi) is 3.97. The molecule has 0 heterocycles. The summed E-state index contributed by atoms with van der Waals surface area (Å²) in [5, 5.41) is 0. The first-order valence-electron chi connectivity index (χ1n) is 7.66. The average Bonchev–Trinajstić information content (AvgIpc) is 2.32. The van der Waals surface area contributed by atoms with Crippen LogP contribution in [0, 0.1) is 23.2 Å². The molecule has 0 atom stereocenters. The Balaban J connectivity index is 1.98. The van der Waals surface area contributed by atoms with Crippen molar-refractivity contribution in [2.24, 2.45) is 23.2 Å². The van der Waals surface area contributed by atoms with E-state index in [0.29, 0.717) is 0 Å². The van der Waals surface area contributed by atoms with E-state index in [1.165, 1.54) is 57.8 Å². The van der Waals surface area contributed by atoms with Crippen LogP contribution in [-0.2, 0) is 0 Å². The third kappa shape index (κ3) is 2.46. The van der Waals surface area contributed by atoms with Gasteiger partial charge in [-0.1, -0.05) is 52.9 Å². The molecule has 0 radical (unpaired) electrons. The van der Waals surface area contributed by atoms with Crippen LogP contribution in [-0.4, -0.2) is 0 Å². The molecule has 2 fully saturated rings. The maximum atomic E-state index is 2.45. The first kappa shape index (κ1) is 12.5. The molecule has 2 aliphatic carbocycles. The molecule has 0 aromatic heterocycles. The zero-order valence-electron chi connectivity index (χ0n) is 11.6. The predicted molar refractivity (Wildman–Crippen MR) is 71.5 cm³/mol. The normalized spacial score (nSPS) is 45.6. The van der Waals surface area contributed by atoms with Crippen molar-refractivity contribution in [3.8, 4) is 0 Å². The molecule has 0 aromatic carbocycles. The molecule has 2 aliphatic rings. The highest BCUT2D eigenvalue weighted by atomic mass is 14.5. The third-order valence-electron chi connectivity index (χ3n) is 5.86. The van der Waals surface area contributed by atoms with E-state index in [-0.39, 0.29) is 0 Å². The molecule has 0 nitrogen and oxygen atoms in total. The highest BCUT2D eigenvalue weighted by molar-refractivity contribution is 4.91. The minimum atomic E-state index is 0.757. The quantitative estimate of drug-likeness (QED) is 0.585. The summed E-state index contributed by atoms with van der Waals surface area (Å²) >= 11 is 0. The second kappa shape index (κ2) is 5.10. The van der Waals surface area contributed by atoms with E-state index in [1.807, 2.05) is 0 Å². The van der Waals surface area contributed by atoms with Gasteiger partial charge in [0.15, 0.2) is 0 Å². The molecule has 0 unspecified atom stereocenters. The Hall–Kier alpha value is 0. The van der Waals surface area contributed by atoms with Crippen LogP contribution in [0.15, 0.2) is 0 Å². The summed E-state index contributed by atoms with van der Waals surface area (Å²) in [4.78, 5) is 0. The summed E-state index contributed by atoms with van der Waals surface area (Å²) in [6.07, 6.45) is 13.6. The summed E-state index contributed by atoms with van der Waals surface area (Å²) in [5.41, 5.74) is 0.757. The lowest BCUT2D eigenvalue weighted by Gasteiger charge is -2.47. The van der Waals surface area contributed by atoms with Crippen LogP contribution in [0.3, 0.4) is 0 Å². The number of hydrogen-bond acceptors (Lipinski definition) is 0. The van der Waals surface area contributed by atoms with Gasteiger partial charge in [-0.2, -0.15) is 0 Å². The topological polar surface area (TPSA) is 0 Å². The summed E-state index contributed by atoms with van der Waals surface area (Å²) in [6, 6.07) is 0. The largest absolute Gasteiger partial charge is 0.0648 e. The first-order chi connectivity index (χ1) is 7.66. The van der Waals surface area contributed by atoms with Crippen molar-refractivity contribution in [2.75, 3.05) is 0 Å². The highest BCUT2D eigenvalue weighted by Crippen LogP contribution is 2.51. The third-order valence-corrected chi connectivity index (χ3v) is 5.86. The average molecular weight is 222 g/mol. The molecule has 0 heteroatoms. The first-order valence-corrected chi connectivity index (χ1v) is 7.66. The van der Waals surface area contributed by atoms with Crippen molar-refractivity contribution >= 4 is 0 Å². The molecule has 16 heavy (non-hydrogen) atoms. The van der Waals surface area contributed by atoms with Gasteiger partial charge in [0.2, 0.25) is 0 Å². The molecule has 0 spiro atoms. The minimum absolute atomic E-state index is 0.757. The molecule has 0 bridgehead atoms. The van der Waals surface area contributed by atoms with Gasteiger partial charge in [-0.05, 0) is 48.9 Å². The molecule has 0 aliphatic heterocycles. The van der Waals surface area contributed by atoms with Gasteiger partial charge in [-0.15, -0.1) is 0 Å². The molecule has 0 saturated heterocycles. The Morgan fingerprint density at radius 2 is 1.31 bits per heavy atom. The highest BCUT2D eigenvalue weighted by Gasteiger charge is 2.40. The van der Waals surface area contributed by atoms with E-state index < -0.39 is 0 Å². The van der Waals surface area contributed by atoms with Crippen molar-refractivity contribution in [2.45, 2.75) is 78.6 Å². The molecule has 0 N–H and O–H groups in total. The van der Waals surface area contributed by atoms with Crippen molar-refractivity contribution in [3.05, 3.63) is 0 Å². The molecule has 2 saturated carbocycles. The van der Waals surface area contributed by atoms with Gasteiger partial charge in [-0.25, -0.2) is 0 Å². The van der Waals surface area contributed by atoms with Crippen LogP contribution in [0.2, 0.25) is 0 Å². The maximum absolute atomic E-state index is 2.45. The Morgan fingerprint density at radius 1 is 0.812 bits per heavy atom. The lowest BCUT2D eigenvalue weighted by Crippen LogP contribution is -2.36. The SMILES string of the molecule is CCC1(C2CCC(C)CC2)CCC(C)CC1. The summed E-state index contributed by atoms with van der Waals surface area (Å²) < 4.78 is 0. The van der Waals surface area contributed by atoms with E-state index in [4.69, 9.17) is 0 Å². The predicted octanol–water partition coefficient (Wildman–Crippen LogP) is 5.42. The molecular formula is C16H30. The molecule has 0 amide bonds. The maximum Gasteiger partial charge on any atom is -0.0272 e. The number of rotatable bonds is 2. The lowest BCUT2D eigenvalue weighted by molar-refractivity contribution is 0.0392. The van der Waals surface area contributed by atoms with Crippen LogP contribution in [0.1, 0.15) is 78.6 Å². The second-order valence-electron chi connectivity index (χ2n) is 6.86. The van der Waals surface area contributed by atoms with Crippen molar-refractivity contribution in [1.29, 1.82) is 0 Å². The summed E-state index contributed by atoms with van der Waals surface area (Å²) in [5.74, 6) is 3.08. The fraction of sp³-hybridized carbons (Fsp3) is 1.00. The van der Waals surface area contributed by atoms with Gasteiger partial charge >= 0.3 is 0 Å². The lowest BCUT2D eigenvalue weighted by atomic mass is 9.58. The number of hydrogen-bond donors (Lipinski definition) is 0. The van der Waals surface area contributed by atoms with Crippen molar-refractivity contribution in [3.63, 3.8) is 0 Å². The summed E-state index contributed by atoms with van der Waals surface area (Å²) in [7, 11) is 0. The van der Waals surface area contributed by atoms with Crippen LogP contribution in [0.4, 0.5) is 0 Å². The molecule has 2 rings (SSSR count). The Morgan fingerprint density at radius 3 is 1.81 bits per heavy atom. The standard InChI is InChI=1S/C16H30/c1-4-16(11-9-14(3)10-12-16)15-7-5-13(2)6-8-15/h13-15H,4-12H2,1-3H3. The van der Waals surface area contributed by atoms with Crippen molar-refractivity contribution < 1.29 is 0 Å². The zero-order valence-corrected chi connectivity index (χ0v) is 11.6. The fourth-order valence-electron chi connectivity index (χ4n) is 4.26. The van der Waals surface area contributed by atoms with Gasteiger partial charge in [0.1, 0.15) is 0 Å². The van der Waals surface area contributed by atoms with Gasteiger partial charge in [0.05, 0.1) is 0 Å². The van der Waals surface area contributed by atoms with Crippen molar-refractivity contribution in [1.82, 2.24) is 0 Å². The molecule has 0 aromatic rings. The fourth-order valence-corrected chi connectivity index (χ4v) is 4.26. The Labute approximate surface area is 102 Å². The van der Waals surface area contributed by atoms with Crippen LogP contribution >= 0.6 is 0 Å². The van der Waals surface area contributed by atoms with E-state index in [0.717, 1.165) is 23.2 Å². The van der Waals surface area contributed by atoms with Gasteiger partial charge < -0.3 is 0 Å².